The Hall–Kier alpha value is -1.79. The number of benzene rings is 1. The summed E-state index contributed by atoms with van der Waals surface area (Å²) >= 11 is 0. The lowest BCUT2D eigenvalue weighted by Gasteiger charge is -2.35. The van der Waals surface area contributed by atoms with E-state index in [9.17, 15) is 4.79 Å². The molecule has 1 aliphatic rings. The van der Waals surface area contributed by atoms with Crippen molar-refractivity contribution in [1.29, 1.82) is 0 Å². The number of nitrogens with zero attached hydrogens (tertiary/aromatic N) is 1. The molecule has 2 amide bonds. The third-order valence-corrected chi connectivity index (χ3v) is 3.59. The third-order valence-electron chi connectivity index (χ3n) is 3.59. The van der Waals surface area contributed by atoms with Crippen LogP contribution in [0.1, 0.15) is 20.3 Å². The Morgan fingerprint density at radius 3 is 2.65 bits per heavy atom. The minimum Gasteiger partial charge on any atom is -0.491 e. The highest BCUT2D eigenvalue weighted by atomic mass is 16.5. The molecule has 0 aromatic heterocycles. The molecule has 1 N–H and O–H groups in total. The largest absolute Gasteiger partial charge is 0.491 e. The number of hydrogen-bond donors (Lipinski definition) is 1. The van der Waals surface area contributed by atoms with Gasteiger partial charge in [-0.3, -0.25) is 0 Å². The van der Waals surface area contributed by atoms with E-state index in [1.54, 1.807) is 12.0 Å². The van der Waals surface area contributed by atoms with E-state index in [0.717, 1.165) is 6.42 Å². The quantitative estimate of drug-likeness (QED) is 0.818. The van der Waals surface area contributed by atoms with Gasteiger partial charge in [-0.15, -0.1) is 0 Å². The van der Waals surface area contributed by atoms with Crippen LogP contribution in [0, 0.1) is 0 Å². The van der Waals surface area contributed by atoms with E-state index < -0.39 is 0 Å². The number of urea groups is 1. The zero-order valence-corrected chi connectivity index (χ0v) is 14.1. The van der Waals surface area contributed by atoms with Gasteiger partial charge < -0.3 is 24.4 Å². The molecule has 128 valence electrons. The molecule has 0 bridgehead atoms. The maximum absolute atomic E-state index is 12.5. The molecular weight excluding hydrogens is 296 g/mol. The van der Waals surface area contributed by atoms with Crippen LogP contribution >= 0.6 is 0 Å². The van der Waals surface area contributed by atoms with Crippen LogP contribution in [0.15, 0.2) is 24.3 Å². The summed E-state index contributed by atoms with van der Waals surface area (Å²) in [6.45, 7) is 6.33. The summed E-state index contributed by atoms with van der Waals surface area (Å²) in [5.74, 6) is 0.673. The number of carbonyl (C=O) groups excluding carboxylic acids is 1. The molecule has 6 heteroatoms. The molecule has 0 saturated carbocycles. The lowest BCUT2D eigenvalue weighted by Crippen LogP contribution is -2.49. The highest BCUT2D eigenvalue weighted by Crippen LogP contribution is 2.24. The summed E-state index contributed by atoms with van der Waals surface area (Å²) in [4.78, 5) is 14.2. The molecule has 2 atom stereocenters. The van der Waals surface area contributed by atoms with Crippen molar-refractivity contribution in [3.05, 3.63) is 24.3 Å². The lowest BCUT2D eigenvalue weighted by molar-refractivity contribution is -0.0530. The van der Waals surface area contributed by atoms with E-state index in [1.165, 1.54) is 0 Å². The van der Waals surface area contributed by atoms with Gasteiger partial charge in [0.15, 0.2) is 0 Å². The second-order valence-electron chi connectivity index (χ2n) is 5.78. The molecule has 1 aliphatic heterocycles. The minimum absolute atomic E-state index is 0.0463. The molecular formula is C17H26N2O4. The Labute approximate surface area is 137 Å². The number of anilines is 1. The van der Waals surface area contributed by atoms with E-state index >= 15 is 0 Å². The normalized spacial score (nSPS) is 21.1. The van der Waals surface area contributed by atoms with Crippen molar-refractivity contribution in [1.82, 2.24) is 4.90 Å². The number of morpholine rings is 1. The summed E-state index contributed by atoms with van der Waals surface area (Å²) in [6.07, 6.45) is 0.896. The van der Waals surface area contributed by atoms with Crippen molar-refractivity contribution in [3.63, 3.8) is 0 Å². The fourth-order valence-electron chi connectivity index (χ4n) is 2.62. The maximum atomic E-state index is 12.5. The van der Waals surface area contributed by atoms with E-state index in [2.05, 4.69) is 5.32 Å². The van der Waals surface area contributed by atoms with Gasteiger partial charge in [0.1, 0.15) is 5.75 Å². The highest BCUT2D eigenvalue weighted by Gasteiger charge is 2.26. The van der Waals surface area contributed by atoms with Gasteiger partial charge in [0, 0.05) is 33.2 Å². The molecule has 6 nitrogen and oxygen atoms in total. The fraction of sp³-hybridized carbons (Fsp3) is 0.588. The summed E-state index contributed by atoms with van der Waals surface area (Å²) in [5, 5.41) is 2.94. The number of amides is 2. The molecule has 0 aliphatic carbocycles. The fourth-order valence-corrected chi connectivity index (χ4v) is 2.62. The first kappa shape index (κ1) is 17.6. The van der Waals surface area contributed by atoms with Gasteiger partial charge in [0.25, 0.3) is 0 Å². The van der Waals surface area contributed by atoms with E-state index in [4.69, 9.17) is 14.2 Å². The molecule has 0 spiro atoms. The topological polar surface area (TPSA) is 60.0 Å². The molecule has 1 aromatic carbocycles. The van der Waals surface area contributed by atoms with Crippen LogP contribution in [-0.4, -0.2) is 56.6 Å². The first-order valence-corrected chi connectivity index (χ1v) is 8.02. The number of rotatable bonds is 6. The van der Waals surface area contributed by atoms with Crippen LogP contribution in [0.2, 0.25) is 0 Å². The number of carbonyl (C=O) groups is 1. The number of ether oxygens (including phenoxy) is 3. The lowest BCUT2D eigenvalue weighted by atomic mass is 10.2. The van der Waals surface area contributed by atoms with Crippen LogP contribution in [0.25, 0.3) is 0 Å². The predicted molar refractivity (Wildman–Crippen MR) is 89.0 cm³/mol. The van der Waals surface area contributed by atoms with Crippen LogP contribution in [0.5, 0.6) is 5.75 Å². The van der Waals surface area contributed by atoms with Gasteiger partial charge in [-0.05, 0) is 26.0 Å². The summed E-state index contributed by atoms with van der Waals surface area (Å²) < 4.78 is 16.4. The molecule has 1 aromatic rings. The van der Waals surface area contributed by atoms with Crippen LogP contribution in [-0.2, 0) is 9.47 Å². The average molecular weight is 322 g/mol. The molecule has 2 rings (SSSR count). The Balaban J connectivity index is 1.94. The van der Waals surface area contributed by atoms with Crippen molar-refractivity contribution in [2.24, 2.45) is 0 Å². The van der Waals surface area contributed by atoms with E-state index in [-0.39, 0.29) is 18.2 Å². The molecule has 1 saturated heterocycles. The second kappa shape index (κ2) is 8.74. The van der Waals surface area contributed by atoms with Crippen molar-refractivity contribution in [2.75, 3.05) is 38.7 Å². The second-order valence-corrected chi connectivity index (χ2v) is 5.78. The number of hydrogen-bond acceptors (Lipinski definition) is 4. The van der Waals surface area contributed by atoms with Crippen LogP contribution in [0.4, 0.5) is 10.5 Å². The molecule has 0 radical (unpaired) electrons. The Morgan fingerprint density at radius 1 is 1.26 bits per heavy atom. The predicted octanol–water partition coefficient (Wildman–Crippen LogP) is 2.74. The Kier molecular flexibility index (Phi) is 6.67. The van der Waals surface area contributed by atoms with E-state index in [1.807, 2.05) is 38.1 Å². The summed E-state index contributed by atoms with van der Waals surface area (Å²) in [7, 11) is 1.67. The summed E-state index contributed by atoms with van der Waals surface area (Å²) in [6, 6.07) is 7.34. The minimum atomic E-state index is -0.125. The third kappa shape index (κ3) is 5.41. The highest BCUT2D eigenvalue weighted by molar-refractivity contribution is 5.91. The zero-order valence-electron chi connectivity index (χ0n) is 14.1. The standard InChI is InChI=1S/C17H26N2O4/c1-13-11-19(12-14(2)23-13)17(20)18-15-7-4-5-8-16(15)22-10-6-9-21-3/h4-5,7-8,13-14H,6,9-12H2,1-3H3,(H,18,20). The number of methoxy groups -OCH3 is 1. The van der Waals surface area contributed by atoms with Gasteiger partial charge in [-0.25, -0.2) is 4.79 Å². The van der Waals surface area contributed by atoms with Gasteiger partial charge >= 0.3 is 6.03 Å². The molecule has 1 heterocycles. The summed E-state index contributed by atoms with van der Waals surface area (Å²) in [5.41, 5.74) is 0.682. The van der Waals surface area contributed by atoms with Crippen molar-refractivity contribution < 1.29 is 19.0 Å². The van der Waals surface area contributed by atoms with E-state index in [0.29, 0.717) is 37.7 Å². The number of para-hydroxylation sites is 2. The molecule has 1 fully saturated rings. The first-order valence-electron chi connectivity index (χ1n) is 8.02. The van der Waals surface area contributed by atoms with Crippen LogP contribution < -0.4 is 10.1 Å². The van der Waals surface area contributed by atoms with Gasteiger partial charge in [-0.1, -0.05) is 12.1 Å². The smallest absolute Gasteiger partial charge is 0.322 e. The average Bonchev–Trinajstić information content (AvgIpc) is 2.52. The van der Waals surface area contributed by atoms with Gasteiger partial charge in [0.2, 0.25) is 0 Å². The van der Waals surface area contributed by atoms with Gasteiger partial charge in [0.05, 0.1) is 24.5 Å². The van der Waals surface area contributed by atoms with Gasteiger partial charge in [-0.2, -0.15) is 0 Å². The molecule has 2 unspecified atom stereocenters. The van der Waals surface area contributed by atoms with Crippen molar-refractivity contribution in [2.45, 2.75) is 32.5 Å². The number of nitrogens with one attached hydrogen (secondary N) is 1. The van der Waals surface area contributed by atoms with Crippen LogP contribution in [0.3, 0.4) is 0 Å². The van der Waals surface area contributed by atoms with Crippen molar-refractivity contribution in [3.8, 4) is 5.75 Å². The Morgan fingerprint density at radius 2 is 1.96 bits per heavy atom. The maximum Gasteiger partial charge on any atom is 0.322 e. The SMILES string of the molecule is COCCCOc1ccccc1NC(=O)N1CC(C)OC(C)C1. The zero-order chi connectivity index (χ0) is 16.7. The first-order chi connectivity index (χ1) is 11.1. The Bertz CT molecular complexity index is 499. The monoisotopic (exact) mass is 322 g/mol. The van der Waals surface area contributed by atoms with Crippen molar-refractivity contribution >= 4 is 11.7 Å². The molecule has 23 heavy (non-hydrogen) atoms.